The van der Waals surface area contributed by atoms with Crippen molar-refractivity contribution in [1.29, 1.82) is 0 Å². The highest BCUT2D eigenvalue weighted by Crippen LogP contribution is 2.51. The molecule has 3 nitrogen and oxygen atoms in total. The van der Waals surface area contributed by atoms with E-state index < -0.39 is 23.2 Å². The van der Waals surface area contributed by atoms with Crippen LogP contribution in [0.5, 0.6) is 0 Å². The lowest BCUT2D eigenvalue weighted by Crippen LogP contribution is -2.62. The van der Waals surface area contributed by atoms with Gasteiger partial charge >= 0.3 is 6.18 Å². The number of benzene rings is 1. The number of fused-ring (bicyclic) bond motifs is 1. The average molecular weight is 379 g/mol. The Morgan fingerprint density at radius 3 is 2.33 bits per heavy atom. The summed E-state index contributed by atoms with van der Waals surface area (Å²) in [5.41, 5.74) is -4.10. The molecule has 1 aliphatic carbocycles. The Bertz CT molecular complexity index is 773. The Labute approximate surface area is 157 Å². The van der Waals surface area contributed by atoms with Gasteiger partial charge in [0.05, 0.1) is 5.54 Å². The third kappa shape index (κ3) is 2.64. The lowest BCUT2D eigenvalue weighted by molar-refractivity contribution is -0.272. The summed E-state index contributed by atoms with van der Waals surface area (Å²) in [6.07, 6.45) is 2.54. The van der Waals surface area contributed by atoms with Gasteiger partial charge in [-0.1, -0.05) is 61.6 Å². The number of likely N-dealkylation sites (tertiary alicyclic amines) is 1. The molecule has 2 aliphatic rings. The maximum Gasteiger partial charge on any atom is 0.430 e. The van der Waals surface area contributed by atoms with E-state index in [1.807, 2.05) is 32.1 Å². The molecule has 3 rings (SSSR count). The van der Waals surface area contributed by atoms with E-state index in [9.17, 15) is 18.0 Å². The van der Waals surface area contributed by atoms with Crippen molar-refractivity contribution < 1.29 is 22.7 Å². The fourth-order valence-corrected chi connectivity index (χ4v) is 4.64. The molecule has 27 heavy (non-hydrogen) atoms. The molecule has 0 N–H and O–H groups in total. The highest BCUT2D eigenvalue weighted by molar-refractivity contribution is 5.89. The highest BCUT2D eigenvalue weighted by atomic mass is 19.4. The number of carbonyl (C=O) groups is 1. The number of carbonyl (C=O) groups excluding carboxylic acids is 1. The maximum atomic E-state index is 14.3. The number of hydrogen-bond acceptors (Lipinski definition) is 2. The van der Waals surface area contributed by atoms with Crippen LogP contribution < -0.4 is 0 Å². The Hall–Kier alpha value is -2.08. The minimum Gasteiger partial charge on any atom is -0.356 e. The molecule has 0 bridgehead atoms. The van der Waals surface area contributed by atoms with Crippen LogP contribution in [0.2, 0.25) is 0 Å². The first-order valence-corrected chi connectivity index (χ1v) is 8.98. The van der Waals surface area contributed by atoms with Crippen LogP contribution in [0.15, 0.2) is 54.6 Å². The number of nitrogens with zero attached hydrogens (tertiary/aromatic N) is 1. The van der Waals surface area contributed by atoms with Crippen LogP contribution >= 0.6 is 0 Å². The van der Waals surface area contributed by atoms with Gasteiger partial charge in [0, 0.05) is 24.6 Å². The van der Waals surface area contributed by atoms with Crippen molar-refractivity contribution in [2.45, 2.75) is 44.1 Å². The first-order chi connectivity index (χ1) is 12.6. The molecule has 0 saturated carbocycles. The molecule has 1 heterocycles. The van der Waals surface area contributed by atoms with Crippen LogP contribution in [0.4, 0.5) is 13.2 Å². The van der Waals surface area contributed by atoms with E-state index in [-0.39, 0.29) is 23.4 Å². The summed E-state index contributed by atoms with van der Waals surface area (Å²) < 4.78 is 48.0. The van der Waals surface area contributed by atoms with Crippen LogP contribution in [-0.2, 0) is 15.1 Å². The van der Waals surface area contributed by atoms with E-state index in [4.69, 9.17) is 4.74 Å². The first kappa shape index (κ1) is 19.7. The van der Waals surface area contributed by atoms with Crippen LogP contribution in [0, 0.1) is 11.8 Å². The Kier molecular flexibility index (Phi) is 4.75. The summed E-state index contributed by atoms with van der Waals surface area (Å²) in [6, 6.07) is 6.76. The lowest BCUT2D eigenvalue weighted by Gasteiger charge is -2.44. The molecule has 1 aromatic rings. The van der Waals surface area contributed by atoms with Crippen LogP contribution in [0.1, 0.15) is 26.3 Å². The monoisotopic (exact) mass is 379 g/mol. The van der Waals surface area contributed by atoms with Crippen molar-refractivity contribution in [3.63, 3.8) is 0 Å². The molecule has 1 fully saturated rings. The van der Waals surface area contributed by atoms with Crippen molar-refractivity contribution in [3.8, 4) is 0 Å². The van der Waals surface area contributed by atoms with Gasteiger partial charge in [-0.15, -0.1) is 0 Å². The normalized spacial score (nSPS) is 32.3. The van der Waals surface area contributed by atoms with Crippen LogP contribution in [0.25, 0.3) is 0 Å². The van der Waals surface area contributed by atoms with Gasteiger partial charge < -0.3 is 9.64 Å². The number of amides is 1. The number of halogens is 3. The number of hydrogen-bond donors (Lipinski definition) is 0. The molecule has 0 aromatic heterocycles. The SMILES string of the molecule is CO[C@@](C(=O)N1[C@H](C)[C@H](C)[C@H]2C=CC=C[C@]21C)(c1ccccc1)C(F)(F)F. The Morgan fingerprint density at radius 1 is 1.15 bits per heavy atom. The van der Waals surface area contributed by atoms with E-state index in [0.717, 1.165) is 7.11 Å². The Balaban J connectivity index is 2.18. The predicted octanol–water partition coefficient (Wildman–Crippen LogP) is 4.46. The van der Waals surface area contributed by atoms with Gasteiger partial charge in [0.1, 0.15) is 0 Å². The maximum absolute atomic E-state index is 14.3. The van der Waals surface area contributed by atoms with Crippen molar-refractivity contribution >= 4 is 5.91 Å². The van der Waals surface area contributed by atoms with Crippen molar-refractivity contribution in [2.75, 3.05) is 7.11 Å². The zero-order valence-corrected chi connectivity index (χ0v) is 15.8. The second kappa shape index (κ2) is 6.51. The van der Waals surface area contributed by atoms with E-state index in [1.54, 1.807) is 19.1 Å². The summed E-state index contributed by atoms with van der Waals surface area (Å²) in [4.78, 5) is 15.0. The molecule has 5 atom stereocenters. The summed E-state index contributed by atoms with van der Waals surface area (Å²) in [7, 11) is 0.943. The summed E-state index contributed by atoms with van der Waals surface area (Å²) in [6.45, 7) is 5.59. The standard InChI is InChI=1S/C21H24F3NO2/c1-14-15(2)25(19(3)13-9-8-12-17(14)19)18(26)20(27-4,21(22,23)24)16-10-6-5-7-11-16/h5-15,17H,1-4H3/t14-,15+,17+,19+,20+/m0/s1. The fourth-order valence-electron chi connectivity index (χ4n) is 4.64. The molecule has 1 saturated heterocycles. The number of ether oxygens (including phenoxy) is 1. The number of alkyl halides is 3. The van der Waals surface area contributed by atoms with Gasteiger partial charge in [-0.2, -0.15) is 13.2 Å². The van der Waals surface area contributed by atoms with Crippen molar-refractivity contribution in [3.05, 3.63) is 60.2 Å². The van der Waals surface area contributed by atoms with Gasteiger partial charge in [0.25, 0.3) is 11.5 Å². The Morgan fingerprint density at radius 2 is 1.78 bits per heavy atom. The van der Waals surface area contributed by atoms with Gasteiger partial charge in [-0.25, -0.2) is 0 Å². The minimum atomic E-state index is -4.91. The van der Waals surface area contributed by atoms with E-state index >= 15 is 0 Å². The second-order valence-corrected chi connectivity index (χ2v) is 7.52. The first-order valence-electron chi connectivity index (χ1n) is 8.98. The molecule has 0 spiro atoms. The fraction of sp³-hybridized carbons (Fsp3) is 0.476. The zero-order chi connectivity index (χ0) is 20.0. The molecular formula is C21H24F3NO2. The smallest absolute Gasteiger partial charge is 0.356 e. The summed E-state index contributed by atoms with van der Waals surface area (Å²) in [5, 5.41) is 0. The lowest BCUT2D eigenvalue weighted by atomic mass is 9.78. The quantitative estimate of drug-likeness (QED) is 0.776. The molecule has 0 unspecified atom stereocenters. The third-order valence-corrected chi connectivity index (χ3v) is 6.20. The molecule has 146 valence electrons. The van der Waals surface area contributed by atoms with Gasteiger partial charge in [0.15, 0.2) is 0 Å². The van der Waals surface area contributed by atoms with Crippen LogP contribution in [-0.4, -0.2) is 35.7 Å². The van der Waals surface area contributed by atoms with Gasteiger partial charge in [0.2, 0.25) is 0 Å². The van der Waals surface area contributed by atoms with Crippen molar-refractivity contribution in [2.24, 2.45) is 11.8 Å². The van der Waals surface area contributed by atoms with E-state index in [1.165, 1.54) is 29.2 Å². The number of allylic oxidation sites excluding steroid dienone is 2. The predicted molar refractivity (Wildman–Crippen MR) is 96.8 cm³/mol. The molecule has 6 heteroatoms. The third-order valence-electron chi connectivity index (χ3n) is 6.20. The van der Waals surface area contributed by atoms with Gasteiger partial charge in [-0.05, 0) is 19.8 Å². The van der Waals surface area contributed by atoms with Crippen LogP contribution in [0.3, 0.4) is 0 Å². The second-order valence-electron chi connectivity index (χ2n) is 7.52. The summed E-state index contributed by atoms with van der Waals surface area (Å²) >= 11 is 0. The molecule has 0 radical (unpaired) electrons. The largest absolute Gasteiger partial charge is 0.430 e. The zero-order valence-electron chi connectivity index (χ0n) is 15.8. The molecular weight excluding hydrogens is 355 g/mol. The molecule has 1 amide bonds. The molecule has 1 aromatic carbocycles. The van der Waals surface area contributed by atoms with E-state index in [2.05, 4.69) is 0 Å². The summed E-state index contributed by atoms with van der Waals surface area (Å²) in [5.74, 6) is -1.12. The molecule has 1 aliphatic heterocycles. The van der Waals surface area contributed by atoms with Crippen molar-refractivity contribution in [1.82, 2.24) is 4.90 Å². The number of rotatable bonds is 3. The average Bonchev–Trinajstić information content (AvgIpc) is 2.82. The number of methoxy groups -OCH3 is 1. The van der Waals surface area contributed by atoms with Gasteiger partial charge in [-0.3, -0.25) is 4.79 Å². The topological polar surface area (TPSA) is 29.5 Å². The minimum absolute atomic E-state index is 0.0127. The van der Waals surface area contributed by atoms with E-state index in [0.29, 0.717) is 0 Å². The highest BCUT2D eigenvalue weighted by Gasteiger charge is 2.67.